The van der Waals surface area contributed by atoms with Gasteiger partial charge in [0.25, 0.3) is 0 Å². The highest BCUT2D eigenvalue weighted by Gasteiger charge is 2.04. The average Bonchev–Trinajstić information content (AvgIpc) is 2.45. The van der Waals surface area contributed by atoms with E-state index in [2.05, 4.69) is 10.5 Å². The van der Waals surface area contributed by atoms with Gasteiger partial charge in [-0.3, -0.25) is 4.79 Å². The number of hydrogen-bond donors (Lipinski definition) is 1. The maximum absolute atomic E-state index is 12.7. The zero-order valence-electron chi connectivity index (χ0n) is 10.8. The van der Waals surface area contributed by atoms with Crippen molar-refractivity contribution in [2.24, 2.45) is 5.10 Å². The molecule has 21 heavy (non-hydrogen) atoms. The highest BCUT2D eigenvalue weighted by Crippen LogP contribution is 2.21. The van der Waals surface area contributed by atoms with E-state index in [1.54, 1.807) is 30.3 Å². The fourth-order valence-corrected chi connectivity index (χ4v) is 2.13. The lowest BCUT2D eigenvalue weighted by Gasteiger charge is -2.02. The van der Waals surface area contributed by atoms with Gasteiger partial charge in [-0.2, -0.15) is 5.10 Å². The summed E-state index contributed by atoms with van der Waals surface area (Å²) in [5.74, 6) is -0.661. The Hall–Kier alpha value is -1.91. The van der Waals surface area contributed by atoms with Gasteiger partial charge in [0, 0.05) is 5.56 Å². The molecule has 3 nitrogen and oxygen atoms in total. The van der Waals surface area contributed by atoms with Crippen molar-refractivity contribution in [1.29, 1.82) is 0 Å². The number of hydrogen-bond acceptors (Lipinski definition) is 2. The van der Waals surface area contributed by atoms with Gasteiger partial charge in [-0.05, 0) is 29.8 Å². The molecule has 0 radical (unpaired) electrons. The van der Waals surface area contributed by atoms with E-state index < -0.39 is 0 Å². The number of amides is 1. The number of nitrogens with zero attached hydrogens (tertiary/aromatic N) is 1. The van der Waals surface area contributed by atoms with Crippen LogP contribution in [0.1, 0.15) is 11.1 Å². The zero-order chi connectivity index (χ0) is 15.2. The molecule has 0 saturated heterocycles. The quantitative estimate of drug-likeness (QED) is 0.674. The van der Waals surface area contributed by atoms with Crippen molar-refractivity contribution in [3.05, 3.63) is 69.5 Å². The fraction of sp³-hybridized carbons (Fsp3) is 0.0667. The summed E-state index contributed by atoms with van der Waals surface area (Å²) in [6.07, 6.45) is 1.49. The number of carbonyl (C=O) groups excluding carboxylic acids is 1. The monoisotopic (exact) mass is 324 g/mol. The van der Waals surface area contributed by atoms with Gasteiger partial charge in [-0.25, -0.2) is 9.82 Å². The summed E-state index contributed by atoms with van der Waals surface area (Å²) in [4.78, 5) is 11.7. The van der Waals surface area contributed by atoms with Crippen molar-refractivity contribution in [1.82, 2.24) is 5.43 Å². The van der Waals surface area contributed by atoms with Gasteiger partial charge in [-0.1, -0.05) is 41.4 Å². The maximum Gasteiger partial charge on any atom is 0.244 e. The topological polar surface area (TPSA) is 41.5 Å². The van der Waals surface area contributed by atoms with Crippen molar-refractivity contribution in [2.75, 3.05) is 0 Å². The Kier molecular flexibility index (Phi) is 5.31. The standard InChI is InChI=1S/C15H11Cl2FN2O/c16-13-2-1-3-14(17)12(13)9-19-20-15(21)8-10-4-6-11(18)7-5-10/h1-7,9H,8H2,(H,20,21)/b19-9-. The van der Waals surface area contributed by atoms with Crippen LogP contribution in [0.15, 0.2) is 47.6 Å². The molecule has 0 bridgehead atoms. The lowest BCUT2D eigenvalue weighted by molar-refractivity contribution is -0.120. The van der Waals surface area contributed by atoms with E-state index in [9.17, 15) is 9.18 Å². The first-order valence-electron chi connectivity index (χ1n) is 6.06. The second-order valence-corrected chi connectivity index (χ2v) is 5.05. The van der Waals surface area contributed by atoms with Crippen LogP contribution in [0, 0.1) is 5.82 Å². The van der Waals surface area contributed by atoms with Crippen LogP contribution >= 0.6 is 23.2 Å². The highest BCUT2D eigenvalue weighted by atomic mass is 35.5. The molecule has 0 aliphatic carbocycles. The van der Waals surface area contributed by atoms with Crippen molar-refractivity contribution in [3.8, 4) is 0 Å². The molecule has 2 aromatic rings. The van der Waals surface area contributed by atoms with E-state index in [0.29, 0.717) is 21.2 Å². The SMILES string of the molecule is O=C(Cc1ccc(F)cc1)N/N=C\c1c(Cl)cccc1Cl. The molecule has 108 valence electrons. The summed E-state index contributed by atoms with van der Waals surface area (Å²) in [5, 5.41) is 4.70. The van der Waals surface area contributed by atoms with E-state index >= 15 is 0 Å². The van der Waals surface area contributed by atoms with E-state index in [1.165, 1.54) is 18.3 Å². The first kappa shape index (κ1) is 15.5. The minimum absolute atomic E-state index is 0.105. The summed E-state index contributed by atoms with van der Waals surface area (Å²) in [7, 11) is 0. The maximum atomic E-state index is 12.7. The zero-order valence-corrected chi connectivity index (χ0v) is 12.3. The first-order chi connectivity index (χ1) is 10.1. The Morgan fingerprint density at radius 3 is 2.38 bits per heavy atom. The molecule has 2 rings (SSSR count). The Labute approximate surface area is 131 Å². The van der Waals surface area contributed by atoms with Crippen LogP contribution in [0.25, 0.3) is 0 Å². The molecule has 0 aliphatic heterocycles. The van der Waals surface area contributed by atoms with Crippen LogP contribution in [0.4, 0.5) is 4.39 Å². The summed E-state index contributed by atoms with van der Waals surface area (Å²) >= 11 is 11.9. The van der Waals surface area contributed by atoms with Gasteiger partial charge in [0.05, 0.1) is 22.7 Å². The van der Waals surface area contributed by atoms with Crippen molar-refractivity contribution in [3.63, 3.8) is 0 Å². The van der Waals surface area contributed by atoms with Gasteiger partial charge >= 0.3 is 0 Å². The van der Waals surface area contributed by atoms with Gasteiger partial charge in [-0.15, -0.1) is 0 Å². The normalized spacial score (nSPS) is 10.8. The average molecular weight is 325 g/mol. The van der Waals surface area contributed by atoms with E-state index in [-0.39, 0.29) is 18.1 Å². The van der Waals surface area contributed by atoms with E-state index in [1.807, 2.05) is 0 Å². The molecule has 0 saturated carbocycles. The number of nitrogens with one attached hydrogen (secondary N) is 1. The number of benzene rings is 2. The van der Waals surface area contributed by atoms with Crippen molar-refractivity contribution >= 4 is 35.3 Å². The number of halogens is 3. The van der Waals surface area contributed by atoms with Crippen LogP contribution in [0.5, 0.6) is 0 Å². The Morgan fingerprint density at radius 2 is 1.76 bits per heavy atom. The predicted octanol–water partition coefficient (Wildman–Crippen LogP) is 3.83. The molecule has 1 N–H and O–H groups in total. The second kappa shape index (κ2) is 7.20. The summed E-state index contributed by atoms with van der Waals surface area (Å²) in [6.45, 7) is 0. The predicted molar refractivity (Wildman–Crippen MR) is 82.3 cm³/mol. The summed E-state index contributed by atoms with van der Waals surface area (Å²) < 4.78 is 12.7. The van der Waals surface area contributed by atoms with Gasteiger partial charge in [0.1, 0.15) is 5.82 Å². The smallest absolute Gasteiger partial charge is 0.244 e. The number of carbonyl (C=O) groups is 1. The molecule has 0 heterocycles. The summed E-state index contributed by atoms with van der Waals surface area (Å²) in [5.41, 5.74) is 3.59. The molecule has 0 aliphatic rings. The largest absolute Gasteiger partial charge is 0.273 e. The van der Waals surface area contributed by atoms with Gasteiger partial charge in [0.15, 0.2) is 0 Å². The minimum atomic E-state index is -0.342. The third-order valence-corrected chi connectivity index (χ3v) is 3.32. The molecule has 0 fully saturated rings. The van der Waals surface area contributed by atoms with Gasteiger partial charge < -0.3 is 0 Å². The molecular weight excluding hydrogens is 314 g/mol. The molecule has 0 atom stereocenters. The van der Waals surface area contributed by atoms with Crippen LogP contribution < -0.4 is 5.43 Å². The molecule has 0 unspecified atom stereocenters. The first-order valence-corrected chi connectivity index (χ1v) is 6.82. The Balaban J connectivity index is 1.95. The number of rotatable bonds is 4. The van der Waals surface area contributed by atoms with Crippen LogP contribution in [0.2, 0.25) is 10.0 Å². The molecule has 1 amide bonds. The lowest BCUT2D eigenvalue weighted by atomic mass is 10.1. The van der Waals surface area contributed by atoms with E-state index in [0.717, 1.165) is 0 Å². The molecule has 0 spiro atoms. The Bertz CT molecular complexity index is 652. The highest BCUT2D eigenvalue weighted by molar-refractivity contribution is 6.38. The lowest BCUT2D eigenvalue weighted by Crippen LogP contribution is -2.19. The van der Waals surface area contributed by atoms with Crippen molar-refractivity contribution < 1.29 is 9.18 Å². The Morgan fingerprint density at radius 1 is 1.14 bits per heavy atom. The molecular formula is C15H11Cl2FN2O. The molecule has 2 aromatic carbocycles. The second-order valence-electron chi connectivity index (χ2n) is 4.23. The van der Waals surface area contributed by atoms with Crippen LogP contribution in [-0.4, -0.2) is 12.1 Å². The van der Waals surface area contributed by atoms with E-state index in [4.69, 9.17) is 23.2 Å². The third kappa shape index (κ3) is 4.55. The summed E-state index contributed by atoms with van der Waals surface area (Å²) in [6, 6.07) is 10.8. The van der Waals surface area contributed by atoms with Crippen LogP contribution in [-0.2, 0) is 11.2 Å². The minimum Gasteiger partial charge on any atom is -0.273 e. The third-order valence-electron chi connectivity index (χ3n) is 2.66. The fourth-order valence-electron chi connectivity index (χ4n) is 1.63. The molecule has 6 heteroatoms. The van der Waals surface area contributed by atoms with Crippen molar-refractivity contribution in [2.45, 2.75) is 6.42 Å². The molecule has 0 aromatic heterocycles. The number of hydrazone groups is 1. The van der Waals surface area contributed by atoms with Gasteiger partial charge in [0.2, 0.25) is 5.91 Å². The van der Waals surface area contributed by atoms with Crippen LogP contribution in [0.3, 0.4) is 0 Å².